The van der Waals surface area contributed by atoms with Crippen LogP contribution in [-0.4, -0.2) is 16.0 Å². The molecule has 0 bridgehead atoms. The molecule has 2 rings (SSSR count). The number of benzene rings is 2. The second-order valence-electron chi connectivity index (χ2n) is 4.27. The van der Waals surface area contributed by atoms with E-state index in [1.54, 1.807) is 43.3 Å². The van der Waals surface area contributed by atoms with Gasteiger partial charge in [-0.25, -0.2) is 0 Å². The van der Waals surface area contributed by atoms with Crippen molar-refractivity contribution < 1.29 is 15.0 Å². The van der Waals surface area contributed by atoms with Crippen molar-refractivity contribution in [1.82, 2.24) is 0 Å². The van der Waals surface area contributed by atoms with Crippen LogP contribution in [0, 0.1) is 6.92 Å². The van der Waals surface area contributed by atoms with Gasteiger partial charge in [-0.05, 0) is 48.4 Å². The number of aromatic hydroxyl groups is 2. The average Bonchev–Trinajstić information content (AvgIpc) is 2.35. The molecule has 0 aromatic heterocycles. The van der Waals surface area contributed by atoms with E-state index in [2.05, 4.69) is 0 Å². The molecule has 18 heavy (non-hydrogen) atoms. The highest BCUT2D eigenvalue weighted by Crippen LogP contribution is 2.18. The number of ketones is 1. The SMILES string of the molecule is Cc1cc(C(=O)Cc2ccc(O)cc2)ccc1O. The molecule has 92 valence electrons. The molecule has 2 N–H and O–H groups in total. The first-order valence-electron chi connectivity index (χ1n) is 5.67. The first-order valence-corrected chi connectivity index (χ1v) is 5.67. The number of rotatable bonds is 3. The minimum atomic E-state index is -0.0104. The van der Waals surface area contributed by atoms with Gasteiger partial charge in [-0.15, -0.1) is 0 Å². The van der Waals surface area contributed by atoms with Crippen LogP contribution in [0.5, 0.6) is 11.5 Å². The van der Waals surface area contributed by atoms with E-state index in [1.807, 2.05) is 0 Å². The summed E-state index contributed by atoms with van der Waals surface area (Å²) in [6, 6.07) is 11.4. The standard InChI is InChI=1S/C15H14O3/c1-10-8-12(4-7-14(10)17)15(18)9-11-2-5-13(16)6-3-11/h2-8,16-17H,9H2,1H3. The second-order valence-corrected chi connectivity index (χ2v) is 4.27. The van der Waals surface area contributed by atoms with E-state index in [-0.39, 0.29) is 23.7 Å². The Morgan fingerprint density at radius 3 is 2.33 bits per heavy atom. The maximum absolute atomic E-state index is 12.0. The Morgan fingerprint density at radius 1 is 1.06 bits per heavy atom. The Hall–Kier alpha value is -2.29. The first kappa shape index (κ1) is 12.2. The lowest BCUT2D eigenvalue weighted by molar-refractivity contribution is 0.0993. The highest BCUT2D eigenvalue weighted by atomic mass is 16.3. The third-order valence-electron chi connectivity index (χ3n) is 2.82. The summed E-state index contributed by atoms with van der Waals surface area (Å²) in [4.78, 5) is 12.0. The Bertz CT molecular complexity index is 571. The van der Waals surface area contributed by atoms with Gasteiger partial charge in [0.1, 0.15) is 11.5 Å². The second kappa shape index (κ2) is 4.92. The zero-order valence-corrected chi connectivity index (χ0v) is 10.1. The molecule has 2 aromatic rings. The molecule has 0 saturated carbocycles. The maximum atomic E-state index is 12.0. The molecule has 0 unspecified atom stereocenters. The molecule has 0 aliphatic heterocycles. The predicted molar refractivity (Wildman–Crippen MR) is 69.0 cm³/mol. The predicted octanol–water partition coefficient (Wildman–Crippen LogP) is 2.83. The minimum Gasteiger partial charge on any atom is -0.508 e. The monoisotopic (exact) mass is 242 g/mol. The quantitative estimate of drug-likeness (QED) is 0.814. The van der Waals surface area contributed by atoms with Crippen molar-refractivity contribution in [3.8, 4) is 11.5 Å². The van der Waals surface area contributed by atoms with Crippen molar-refractivity contribution in [3.63, 3.8) is 0 Å². The molecule has 0 fully saturated rings. The van der Waals surface area contributed by atoms with Gasteiger partial charge in [0.2, 0.25) is 0 Å². The van der Waals surface area contributed by atoms with Crippen LogP contribution in [0.2, 0.25) is 0 Å². The van der Waals surface area contributed by atoms with Gasteiger partial charge in [-0.2, -0.15) is 0 Å². The molecular formula is C15H14O3. The third-order valence-corrected chi connectivity index (χ3v) is 2.82. The van der Waals surface area contributed by atoms with Crippen molar-refractivity contribution >= 4 is 5.78 Å². The van der Waals surface area contributed by atoms with Crippen LogP contribution in [0.4, 0.5) is 0 Å². The summed E-state index contributed by atoms with van der Waals surface area (Å²) in [6.07, 6.45) is 0.282. The summed E-state index contributed by atoms with van der Waals surface area (Å²) in [5.41, 5.74) is 2.12. The van der Waals surface area contributed by atoms with Gasteiger partial charge in [0, 0.05) is 12.0 Å². The van der Waals surface area contributed by atoms with Gasteiger partial charge in [0.05, 0.1) is 0 Å². The minimum absolute atomic E-state index is 0.0104. The van der Waals surface area contributed by atoms with E-state index in [9.17, 15) is 9.90 Å². The van der Waals surface area contributed by atoms with Crippen LogP contribution in [-0.2, 0) is 6.42 Å². The fourth-order valence-electron chi connectivity index (χ4n) is 1.73. The molecule has 0 heterocycles. The lowest BCUT2D eigenvalue weighted by Gasteiger charge is -2.04. The third kappa shape index (κ3) is 2.69. The molecular weight excluding hydrogens is 228 g/mol. The lowest BCUT2D eigenvalue weighted by atomic mass is 10.0. The molecule has 3 heteroatoms. The average molecular weight is 242 g/mol. The zero-order valence-electron chi connectivity index (χ0n) is 10.1. The van der Waals surface area contributed by atoms with E-state index in [0.717, 1.165) is 5.56 Å². The number of hydrogen-bond acceptors (Lipinski definition) is 3. The summed E-state index contributed by atoms with van der Waals surface area (Å²) in [5, 5.41) is 18.6. The van der Waals surface area contributed by atoms with Crippen molar-refractivity contribution in [2.75, 3.05) is 0 Å². The fourth-order valence-corrected chi connectivity index (χ4v) is 1.73. The fraction of sp³-hybridized carbons (Fsp3) is 0.133. The molecule has 0 saturated heterocycles. The van der Waals surface area contributed by atoms with E-state index in [4.69, 9.17) is 5.11 Å². The normalized spacial score (nSPS) is 10.3. The lowest BCUT2D eigenvalue weighted by Crippen LogP contribution is -2.03. The Morgan fingerprint density at radius 2 is 1.72 bits per heavy atom. The van der Waals surface area contributed by atoms with Crippen LogP contribution in [0.15, 0.2) is 42.5 Å². The van der Waals surface area contributed by atoms with Crippen LogP contribution in [0.25, 0.3) is 0 Å². The summed E-state index contributed by atoms with van der Waals surface area (Å²) in [5.74, 6) is 0.367. The van der Waals surface area contributed by atoms with Crippen LogP contribution >= 0.6 is 0 Å². The maximum Gasteiger partial charge on any atom is 0.167 e. The largest absolute Gasteiger partial charge is 0.508 e. The molecule has 0 spiro atoms. The summed E-state index contributed by atoms with van der Waals surface area (Å²) >= 11 is 0. The molecule has 0 aliphatic carbocycles. The van der Waals surface area contributed by atoms with Crippen molar-refractivity contribution in [2.45, 2.75) is 13.3 Å². The number of carbonyl (C=O) groups excluding carboxylic acids is 1. The van der Waals surface area contributed by atoms with Crippen LogP contribution < -0.4 is 0 Å². The molecule has 3 nitrogen and oxygen atoms in total. The number of phenols is 2. The zero-order chi connectivity index (χ0) is 13.1. The Balaban J connectivity index is 2.16. The number of aryl methyl sites for hydroxylation is 1. The molecule has 0 amide bonds. The smallest absolute Gasteiger partial charge is 0.167 e. The van der Waals surface area contributed by atoms with Gasteiger partial charge in [-0.1, -0.05) is 12.1 Å². The highest BCUT2D eigenvalue weighted by Gasteiger charge is 2.08. The van der Waals surface area contributed by atoms with E-state index < -0.39 is 0 Å². The Kier molecular flexibility index (Phi) is 3.33. The summed E-state index contributed by atoms with van der Waals surface area (Å²) < 4.78 is 0. The van der Waals surface area contributed by atoms with E-state index >= 15 is 0 Å². The summed E-state index contributed by atoms with van der Waals surface area (Å²) in [7, 11) is 0. The number of Topliss-reactive ketones (excluding diaryl/α,β-unsaturated/α-hetero) is 1. The number of carbonyl (C=O) groups is 1. The van der Waals surface area contributed by atoms with Gasteiger partial charge in [-0.3, -0.25) is 4.79 Å². The van der Waals surface area contributed by atoms with Gasteiger partial charge in [0.25, 0.3) is 0 Å². The highest BCUT2D eigenvalue weighted by molar-refractivity contribution is 5.97. The molecule has 2 aromatic carbocycles. The molecule has 0 aliphatic rings. The topological polar surface area (TPSA) is 57.5 Å². The van der Waals surface area contributed by atoms with E-state index in [0.29, 0.717) is 11.1 Å². The first-order chi connectivity index (χ1) is 8.56. The summed E-state index contributed by atoms with van der Waals surface area (Å²) in [6.45, 7) is 1.76. The van der Waals surface area contributed by atoms with Crippen molar-refractivity contribution in [1.29, 1.82) is 0 Å². The van der Waals surface area contributed by atoms with E-state index in [1.165, 1.54) is 6.07 Å². The molecule has 0 radical (unpaired) electrons. The van der Waals surface area contributed by atoms with Crippen LogP contribution in [0.1, 0.15) is 21.5 Å². The number of hydrogen-bond donors (Lipinski definition) is 2. The van der Waals surface area contributed by atoms with Crippen molar-refractivity contribution in [3.05, 3.63) is 59.2 Å². The number of phenolic OH excluding ortho intramolecular Hbond substituents is 2. The van der Waals surface area contributed by atoms with Gasteiger partial charge < -0.3 is 10.2 Å². The van der Waals surface area contributed by atoms with Crippen LogP contribution in [0.3, 0.4) is 0 Å². The van der Waals surface area contributed by atoms with Crippen molar-refractivity contribution in [2.24, 2.45) is 0 Å². The Labute approximate surface area is 105 Å². The van der Waals surface area contributed by atoms with Gasteiger partial charge >= 0.3 is 0 Å². The van der Waals surface area contributed by atoms with Gasteiger partial charge in [0.15, 0.2) is 5.78 Å². The molecule has 0 atom stereocenters.